The molecule has 0 spiro atoms. The molecule has 1 aliphatic rings. The zero-order chi connectivity index (χ0) is 19.4. The molecule has 3 rings (SSSR count). The Labute approximate surface area is 162 Å². The highest BCUT2D eigenvalue weighted by molar-refractivity contribution is 6.30. The van der Waals surface area contributed by atoms with Gasteiger partial charge in [0.05, 0.1) is 5.69 Å². The Morgan fingerprint density at radius 1 is 1.11 bits per heavy atom. The first kappa shape index (κ1) is 18.9. The predicted molar refractivity (Wildman–Crippen MR) is 105 cm³/mol. The third-order valence-electron chi connectivity index (χ3n) is 4.31. The van der Waals surface area contributed by atoms with Gasteiger partial charge in [0.15, 0.2) is 0 Å². The van der Waals surface area contributed by atoms with Crippen molar-refractivity contribution in [1.82, 2.24) is 4.90 Å². The number of amides is 4. The second-order valence-electron chi connectivity index (χ2n) is 6.44. The van der Waals surface area contributed by atoms with Crippen molar-refractivity contribution >= 4 is 40.8 Å². The van der Waals surface area contributed by atoms with E-state index in [0.717, 1.165) is 5.56 Å². The number of nitrogens with one attached hydrogen (secondary N) is 1. The van der Waals surface area contributed by atoms with E-state index in [1.807, 2.05) is 18.2 Å². The zero-order valence-electron chi connectivity index (χ0n) is 14.9. The minimum absolute atomic E-state index is 0.190. The van der Waals surface area contributed by atoms with E-state index in [4.69, 9.17) is 11.6 Å². The summed E-state index contributed by atoms with van der Waals surface area (Å²) in [5.41, 5.74) is 2.03. The van der Waals surface area contributed by atoms with Gasteiger partial charge in [0.2, 0.25) is 11.8 Å². The van der Waals surface area contributed by atoms with Crippen LogP contribution in [0.1, 0.15) is 24.8 Å². The lowest BCUT2D eigenvalue weighted by atomic mass is 10.1. The Balaban J connectivity index is 1.62. The van der Waals surface area contributed by atoms with Gasteiger partial charge in [-0.15, -0.1) is 0 Å². The Hall–Kier alpha value is -2.86. The normalized spacial score (nSPS) is 14.2. The molecule has 0 radical (unpaired) electrons. The molecule has 1 N–H and O–H groups in total. The van der Waals surface area contributed by atoms with Crippen molar-refractivity contribution in [2.45, 2.75) is 25.8 Å². The summed E-state index contributed by atoms with van der Waals surface area (Å²) < 4.78 is 0. The highest BCUT2D eigenvalue weighted by atomic mass is 35.5. The highest BCUT2D eigenvalue weighted by Gasteiger charge is 2.27. The van der Waals surface area contributed by atoms with Gasteiger partial charge in [-0.25, -0.2) is 4.79 Å². The van der Waals surface area contributed by atoms with E-state index in [2.05, 4.69) is 5.32 Å². The molecule has 1 saturated heterocycles. The molecule has 6 nitrogen and oxygen atoms in total. The van der Waals surface area contributed by atoms with Crippen LogP contribution in [0.2, 0.25) is 5.02 Å². The Morgan fingerprint density at radius 3 is 2.41 bits per heavy atom. The van der Waals surface area contributed by atoms with E-state index < -0.39 is 0 Å². The smallest absolute Gasteiger partial charge is 0.321 e. The van der Waals surface area contributed by atoms with E-state index in [-0.39, 0.29) is 17.8 Å². The SMILES string of the molecule is CN(Cc1cccc(Cl)c1)C(=O)Nc1ccc(N2C(=O)CCCC2=O)cc1. The van der Waals surface area contributed by atoms with E-state index in [1.54, 1.807) is 37.4 Å². The molecule has 0 unspecified atom stereocenters. The van der Waals surface area contributed by atoms with Crippen LogP contribution in [0.15, 0.2) is 48.5 Å². The minimum atomic E-state index is -0.271. The number of imide groups is 1. The van der Waals surface area contributed by atoms with Crippen LogP contribution in [-0.2, 0) is 16.1 Å². The number of hydrogen-bond donors (Lipinski definition) is 1. The number of rotatable bonds is 4. The number of hydrogen-bond acceptors (Lipinski definition) is 3. The zero-order valence-corrected chi connectivity index (χ0v) is 15.7. The molecule has 0 saturated carbocycles. The highest BCUT2D eigenvalue weighted by Crippen LogP contribution is 2.23. The van der Waals surface area contributed by atoms with Crippen molar-refractivity contribution in [2.24, 2.45) is 0 Å². The molecule has 140 valence electrons. The van der Waals surface area contributed by atoms with Crippen LogP contribution in [0.5, 0.6) is 0 Å². The molecule has 0 aliphatic carbocycles. The van der Waals surface area contributed by atoms with Crippen LogP contribution >= 0.6 is 11.6 Å². The molecule has 0 bridgehead atoms. The van der Waals surface area contributed by atoms with Gasteiger partial charge in [0.1, 0.15) is 0 Å². The van der Waals surface area contributed by atoms with Crippen molar-refractivity contribution in [1.29, 1.82) is 0 Å². The third-order valence-corrected chi connectivity index (χ3v) is 4.55. The Morgan fingerprint density at radius 2 is 1.78 bits per heavy atom. The van der Waals surface area contributed by atoms with E-state index in [9.17, 15) is 14.4 Å². The first-order valence-electron chi connectivity index (χ1n) is 8.66. The van der Waals surface area contributed by atoms with Crippen LogP contribution in [0.25, 0.3) is 0 Å². The van der Waals surface area contributed by atoms with Gasteiger partial charge < -0.3 is 10.2 Å². The summed E-state index contributed by atoms with van der Waals surface area (Å²) in [6.07, 6.45) is 1.35. The molecule has 27 heavy (non-hydrogen) atoms. The molecule has 7 heteroatoms. The summed E-state index contributed by atoms with van der Waals surface area (Å²) in [7, 11) is 1.69. The van der Waals surface area contributed by atoms with E-state index in [0.29, 0.717) is 42.2 Å². The Bertz CT molecular complexity index is 851. The fraction of sp³-hybridized carbons (Fsp3) is 0.250. The number of carbonyl (C=O) groups excluding carboxylic acids is 3. The monoisotopic (exact) mass is 385 g/mol. The average molecular weight is 386 g/mol. The summed E-state index contributed by atoms with van der Waals surface area (Å²) >= 11 is 5.97. The third kappa shape index (κ3) is 4.65. The lowest BCUT2D eigenvalue weighted by molar-refractivity contribution is -0.129. The fourth-order valence-electron chi connectivity index (χ4n) is 2.94. The van der Waals surface area contributed by atoms with Crippen LogP contribution in [0.3, 0.4) is 0 Å². The molecular weight excluding hydrogens is 366 g/mol. The Kier molecular flexibility index (Phi) is 5.76. The van der Waals surface area contributed by atoms with Crippen LogP contribution in [0, 0.1) is 0 Å². The number of urea groups is 1. The predicted octanol–water partition coefficient (Wildman–Crippen LogP) is 4.05. The van der Waals surface area contributed by atoms with Gasteiger partial charge in [-0.2, -0.15) is 0 Å². The maximum Gasteiger partial charge on any atom is 0.321 e. The minimum Gasteiger partial charge on any atom is -0.323 e. The summed E-state index contributed by atoms with van der Waals surface area (Å²) in [5.74, 6) is -0.381. The first-order valence-corrected chi connectivity index (χ1v) is 9.04. The van der Waals surface area contributed by atoms with Gasteiger partial charge in [-0.05, 0) is 48.4 Å². The summed E-state index contributed by atoms with van der Waals surface area (Å²) in [6, 6.07) is 13.7. The lowest BCUT2D eigenvalue weighted by Gasteiger charge is -2.25. The van der Waals surface area contributed by atoms with Gasteiger partial charge in [0, 0.05) is 37.1 Å². The van der Waals surface area contributed by atoms with E-state index >= 15 is 0 Å². The molecule has 2 aromatic rings. The summed E-state index contributed by atoms with van der Waals surface area (Å²) in [4.78, 5) is 39.1. The number of halogens is 1. The van der Waals surface area contributed by atoms with Crippen LogP contribution in [-0.4, -0.2) is 29.8 Å². The van der Waals surface area contributed by atoms with Crippen LogP contribution in [0.4, 0.5) is 16.2 Å². The molecule has 1 heterocycles. The van der Waals surface area contributed by atoms with Crippen molar-refractivity contribution in [2.75, 3.05) is 17.3 Å². The summed E-state index contributed by atoms with van der Waals surface area (Å²) in [6.45, 7) is 0.418. The largest absolute Gasteiger partial charge is 0.323 e. The lowest BCUT2D eigenvalue weighted by Crippen LogP contribution is -2.40. The molecular formula is C20H20ClN3O3. The molecule has 2 aromatic carbocycles. The topological polar surface area (TPSA) is 69.7 Å². The number of carbonyl (C=O) groups is 3. The van der Waals surface area contributed by atoms with Crippen molar-refractivity contribution in [3.8, 4) is 0 Å². The van der Waals surface area contributed by atoms with Crippen molar-refractivity contribution in [3.05, 3.63) is 59.1 Å². The maximum absolute atomic E-state index is 12.4. The van der Waals surface area contributed by atoms with Gasteiger partial charge in [0.25, 0.3) is 0 Å². The van der Waals surface area contributed by atoms with E-state index in [1.165, 1.54) is 9.80 Å². The first-order chi connectivity index (χ1) is 12.9. The van der Waals surface area contributed by atoms with Gasteiger partial charge >= 0.3 is 6.03 Å². The average Bonchev–Trinajstić information content (AvgIpc) is 2.63. The quantitative estimate of drug-likeness (QED) is 0.807. The molecule has 0 aromatic heterocycles. The number of anilines is 2. The number of nitrogens with zero attached hydrogens (tertiary/aromatic N) is 2. The maximum atomic E-state index is 12.4. The van der Waals surface area contributed by atoms with Crippen molar-refractivity contribution < 1.29 is 14.4 Å². The number of piperidine rings is 1. The number of benzene rings is 2. The van der Waals surface area contributed by atoms with Crippen LogP contribution < -0.4 is 10.2 Å². The van der Waals surface area contributed by atoms with Gasteiger partial charge in [-0.1, -0.05) is 23.7 Å². The molecule has 1 aliphatic heterocycles. The second kappa shape index (κ2) is 8.22. The molecule has 0 atom stereocenters. The molecule has 1 fully saturated rings. The fourth-order valence-corrected chi connectivity index (χ4v) is 3.15. The molecule has 4 amide bonds. The second-order valence-corrected chi connectivity index (χ2v) is 6.88. The summed E-state index contributed by atoms with van der Waals surface area (Å²) in [5, 5.41) is 3.42. The standard InChI is InChI=1S/C20H20ClN3O3/c1-23(13-14-4-2-5-15(21)12-14)20(27)22-16-8-10-17(11-9-16)24-18(25)6-3-7-19(24)26/h2,4-5,8-12H,3,6-7,13H2,1H3,(H,22,27). The van der Waals surface area contributed by atoms with Crippen molar-refractivity contribution in [3.63, 3.8) is 0 Å². The van der Waals surface area contributed by atoms with Gasteiger partial charge in [-0.3, -0.25) is 14.5 Å².